The van der Waals surface area contributed by atoms with Crippen LogP contribution in [0.4, 0.5) is 5.69 Å². The molecule has 0 radical (unpaired) electrons. The molecule has 0 aliphatic carbocycles. The Kier molecular flexibility index (Phi) is 4.28. The van der Waals surface area contributed by atoms with Crippen LogP contribution in [-0.4, -0.2) is 18.0 Å². The van der Waals surface area contributed by atoms with E-state index in [1.807, 2.05) is 39.0 Å². The van der Waals surface area contributed by atoms with Gasteiger partial charge in [-0.2, -0.15) is 0 Å². The first kappa shape index (κ1) is 14.4. The van der Waals surface area contributed by atoms with E-state index >= 15 is 0 Å². The minimum atomic E-state index is -0.167. The Morgan fingerprint density at radius 3 is 2.45 bits per heavy atom. The smallest absolute Gasteiger partial charge is 0.222 e. The first-order valence-electron chi connectivity index (χ1n) is 6.98. The summed E-state index contributed by atoms with van der Waals surface area (Å²) in [6.45, 7) is 6.60. The van der Waals surface area contributed by atoms with Gasteiger partial charge in [-0.15, -0.1) is 0 Å². The fourth-order valence-corrected chi connectivity index (χ4v) is 2.10. The van der Waals surface area contributed by atoms with Gasteiger partial charge in [0.25, 0.3) is 0 Å². The van der Waals surface area contributed by atoms with Crippen molar-refractivity contribution in [2.24, 2.45) is 0 Å². The van der Waals surface area contributed by atoms with Crippen molar-refractivity contribution in [2.75, 3.05) is 11.9 Å². The molecule has 3 nitrogen and oxygen atoms in total. The summed E-state index contributed by atoms with van der Waals surface area (Å²) >= 11 is 0. The van der Waals surface area contributed by atoms with Crippen LogP contribution < -0.4 is 10.6 Å². The number of amides is 1. The van der Waals surface area contributed by atoms with Crippen molar-refractivity contribution < 1.29 is 4.79 Å². The Bertz CT molecular complexity index is 599. The molecule has 0 heterocycles. The summed E-state index contributed by atoms with van der Waals surface area (Å²) in [7, 11) is 0. The van der Waals surface area contributed by atoms with E-state index in [-0.39, 0.29) is 11.4 Å². The Morgan fingerprint density at radius 1 is 1.05 bits per heavy atom. The van der Waals surface area contributed by atoms with Crippen LogP contribution in [0.3, 0.4) is 0 Å². The van der Waals surface area contributed by atoms with Crippen molar-refractivity contribution in [1.82, 2.24) is 5.32 Å². The molecule has 2 rings (SSSR count). The minimum Gasteiger partial charge on any atom is -0.385 e. The Morgan fingerprint density at radius 2 is 1.75 bits per heavy atom. The van der Waals surface area contributed by atoms with Crippen molar-refractivity contribution in [3.63, 3.8) is 0 Å². The van der Waals surface area contributed by atoms with E-state index in [0.717, 1.165) is 5.69 Å². The fourth-order valence-electron chi connectivity index (χ4n) is 2.10. The zero-order chi connectivity index (χ0) is 14.6. The molecule has 0 aliphatic heterocycles. The van der Waals surface area contributed by atoms with Gasteiger partial charge in [-0.05, 0) is 43.7 Å². The number of fused-ring (bicyclic) bond motifs is 1. The third-order valence-electron chi connectivity index (χ3n) is 2.95. The van der Waals surface area contributed by atoms with Crippen LogP contribution in [0, 0.1) is 0 Å². The SMILES string of the molecule is CC(C)(C)NC(=O)CCNc1ccc2ccccc2c1. The van der Waals surface area contributed by atoms with Crippen molar-refractivity contribution in [3.8, 4) is 0 Å². The molecule has 2 N–H and O–H groups in total. The van der Waals surface area contributed by atoms with Gasteiger partial charge in [0.05, 0.1) is 0 Å². The van der Waals surface area contributed by atoms with Gasteiger partial charge in [-0.25, -0.2) is 0 Å². The maximum atomic E-state index is 11.7. The lowest BCUT2D eigenvalue weighted by Crippen LogP contribution is -2.41. The molecule has 0 fully saturated rings. The molecule has 1 amide bonds. The molecule has 2 aromatic carbocycles. The number of carbonyl (C=O) groups is 1. The summed E-state index contributed by atoms with van der Waals surface area (Å²) in [5.41, 5.74) is 0.882. The zero-order valence-corrected chi connectivity index (χ0v) is 12.4. The molecular formula is C17H22N2O. The second kappa shape index (κ2) is 5.95. The minimum absolute atomic E-state index is 0.0748. The van der Waals surface area contributed by atoms with E-state index in [4.69, 9.17) is 0 Å². The highest BCUT2D eigenvalue weighted by Gasteiger charge is 2.12. The maximum absolute atomic E-state index is 11.7. The van der Waals surface area contributed by atoms with Crippen molar-refractivity contribution in [3.05, 3.63) is 42.5 Å². The quantitative estimate of drug-likeness (QED) is 0.892. The zero-order valence-electron chi connectivity index (χ0n) is 12.4. The molecule has 0 aliphatic rings. The van der Waals surface area contributed by atoms with Crippen LogP contribution >= 0.6 is 0 Å². The molecular weight excluding hydrogens is 248 g/mol. The van der Waals surface area contributed by atoms with Crippen LogP contribution in [-0.2, 0) is 4.79 Å². The van der Waals surface area contributed by atoms with E-state index in [1.165, 1.54) is 10.8 Å². The van der Waals surface area contributed by atoms with Crippen LogP contribution in [0.2, 0.25) is 0 Å². The predicted octanol–water partition coefficient (Wildman–Crippen LogP) is 3.56. The Hall–Kier alpha value is -2.03. The summed E-state index contributed by atoms with van der Waals surface area (Å²) < 4.78 is 0. The van der Waals surface area contributed by atoms with Gasteiger partial charge in [-0.3, -0.25) is 4.79 Å². The Labute approximate surface area is 120 Å². The third kappa shape index (κ3) is 4.26. The normalized spacial score (nSPS) is 11.3. The van der Waals surface area contributed by atoms with Crippen molar-refractivity contribution in [2.45, 2.75) is 32.7 Å². The molecule has 0 saturated heterocycles. The first-order chi connectivity index (χ1) is 9.44. The third-order valence-corrected chi connectivity index (χ3v) is 2.95. The number of hydrogen-bond donors (Lipinski definition) is 2. The van der Waals surface area contributed by atoms with Crippen LogP contribution in [0.1, 0.15) is 27.2 Å². The topological polar surface area (TPSA) is 41.1 Å². The van der Waals surface area contributed by atoms with Crippen LogP contribution in [0.25, 0.3) is 10.8 Å². The summed E-state index contributed by atoms with van der Waals surface area (Å²) in [6.07, 6.45) is 0.476. The van der Waals surface area contributed by atoms with Gasteiger partial charge in [0.15, 0.2) is 0 Å². The number of anilines is 1. The molecule has 3 heteroatoms. The molecule has 0 spiro atoms. The lowest BCUT2D eigenvalue weighted by molar-refractivity contribution is -0.122. The van der Waals surface area contributed by atoms with Gasteiger partial charge >= 0.3 is 0 Å². The maximum Gasteiger partial charge on any atom is 0.222 e. The first-order valence-corrected chi connectivity index (χ1v) is 6.98. The summed E-state index contributed by atoms with van der Waals surface area (Å²) in [4.78, 5) is 11.7. The lowest BCUT2D eigenvalue weighted by atomic mass is 10.1. The Balaban J connectivity index is 1.88. The van der Waals surface area contributed by atoms with E-state index in [1.54, 1.807) is 0 Å². The van der Waals surface area contributed by atoms with Crippen LogP contribution in [0.5, 0.6) is 0 Å². The second-order valence-electron chi connectivity index (χ2n) is 6.04. The van der Waals surface area contributed by atoms with E-state index in [9.17, 15) is 4.79 Å². The van der Waals surface area contributed by atoms with Gasteiger partial charge < -0.3 is 10.6 Å². The number of benzene rings is 2. The van der Waals surface area contributed by atoms with E-state index in [0.29, 0.717) is 13.0 Å². The summed E-state index contributed by atoms with van der Waals surface area (Å²) in [6, 6.07) is 14.5. The molecule has 106 valence electrons. The van der Waals surface area contributed by atoms with Gasteiger partial charge in [0, 0.05) is 24.2 Å². The van der Waals surface area contributed by atoms with Gasteiger partial charge in [0.2, 0.25) is 5.91 Å². The number of carbonyl (C=O) groups excluding carboxylic acids is 1. The van der Waals surface area contributed by atoms with Crippen molar-refractivity contribution in [1.29, 1.82) is 0 Å². The van der Waals surface area contributed by atoms with Gasteiger partial charge in [0.1, 0.15) is 0 Å². The second-order valence-corrected chi connectivity index (χ2v) is 6.04. The number of hydrogen-bond acceptors (Lipinski definition) is 2. The largest absolute Gasteiger partial charge is 0.385 e. The predicted molar refractivity (Wildman–Crippen MR) is 85.0 cm³/mol. The standard InChI is InChI=1S/C17H22N2O/c1-17(2,3)19-16(20)10-11-18-15-9-8-13-6-4-5-7-14(13)12-15/h4-9,12,18H,10-11H2,1-3H3,(H,19,20). The highest BCUT2D eigenvalue weighted by molar-refractivity contribution is 5.85. The van der Waals surface area contributed by atoms with Gasteiger partial charge in [-0.1, -0.05) is 30.3 Å². The lowest BCUT2D eigenvalue weighted by Gasteiger charge is -2.20. The molecule has 2 aromatic rings. The highest BCUT2D eigenvalue weighted by atomic mass is 16.1. The van der Waals surface area contributed by atoms with E-state index in [2.05, 4.69) is 34.9 Å². The summed E-state index contributed by atoms with van der Waals surface area (Å²) in [5.74, 6) is 0.0748. The molecule has 0 aromatic heterocycles. The average molecular weight is 270 g/mol. The molecule has 20 heavy (non-hydrogen) atoms. The molecule has 0 atom stereocenters. The number of rotatable bonds is 4. The van der Waals surface area contributed by atoms with E-state index < -0.39 is 0 Å². The number of nitrogens with one attached hydrogen (secondary N) is 2. The molecule has 0 saturated carbocycles. The molecule has 0 unspecified atom stereocenters. The molecule has 0 bridgehead atoms. The van der Waals surface area contributed by atoms with Crippen molar-refractivity contribution >= 4 is 22.4 Å². The van der Waals surface area contributed by atoms with Crippen LogP contribution in [0.15, 0.2) is 42.5 Å². The fraction of sp³-hybridized carbons (Fsp3) is 0.353. The monoisotopic (exact) mass is 270 g/mol. The average Bonchev–Trinajstić information content (AvgIpc) is 2.36. The highest BCUT2D eigenvalue weighted by Crippen LogP contribution is 2.18. The summed E-state index contributed by atoms with van der Waals surface area (Å²) in [5, 5.41) is 8.68.